The standard InChI is InChI=1S/C26H28FN9O3/c1-4-39-24(38)15-6-5-7-16(10-15)30-25(32-33-28)36-13-18-19(14-36)23(18)35(3)26-31-21(11-22(37)34(26)2)17-8-9-29-12-20(17)27/h5-12,18-19,23H,4,13-14H2,1-3H3,(H2,28,30,32)/t18-,19+,23?. The van der Waals surface area contributed by atoms with Gasteiger partial charge in [-0.25, -0.2) is 19.2 Å². The number of aliphatic imine (C=N–C) groups is 1. The molecule has 12 nitrogen and oxygen atoms in total. The van der Waals surface area contributed by atoms with Crippen LogP contribution in [0.1, 0.15) is 17.3 Å². The summed E-state index contributed by atoms with van der Waals surface area (Å²) < 4.78 is 20.9. The Balaban J connectivity index is 1.33. The van der Waals surface area contributed by atoms with Crippen LogP contribution in [-0.2, 0) is 11.8 Å². The molecule has 0 amide bonds. The highest BCUT2D eigenvalue weighted by Gasteiger charge is 2.59. The van der Waals surface area contributed by atoms with Gasteiger partial charge < -0.3 is 20.4 Å². The summed E-state index contributed by atoms with van der Waals surface area (Å²) >= 11 is 0. The van der Waals surface area contributed by atoms with E-state index in [0.717, 1.165) is 6.20 Å². The van der Waals surface area contributed by atoms with Crippen molar-refractivity contribution in [3.05, 3.63) is 70.5 Å². The molecule has 3 atom stereocenters. The predicted molar refractivity (Wildman–Crippen MR) is 142 cm³/mol. The van der Waals surface area contributed by atoms with Crippen LogP contribution in [-0.4, -0.2) is 64.1 Å². The minimum absolute atomic E-state index is 0.125. The number of fused-ring (bicyclic) bond motifs is 1. The topological polar surface area (TPSA) is 144 Å². The normalized spacial score (nSPS) is 20.3. The number of carbonyl (C=O) groups is 1. The van der Waals surface area contributed by atoms with E-state index in [-0.39, 0.29) is 41.3 Å². The van der Waals surface area contributed by atoms with E-state index in [0.29, 0.717) is 36.2 Å². The zero-order valence-corrected chi connectivity index (χ0v) is 21.7. The molecule has 1 aliphatic carbocycles. The number of pyridine rings is 1. The van der Waals surface area contributed by atoms with Crippen LogP contribution < -0.4 is 16.3 Å². The molecule has 2 aliphatic rings. The molecule has 1 unspecified atom stereocenters. The second-order valence-corrected chi connectivity index (χ2v) is 9.43. The first-order valence-corrected chi connectivity index (χ1v) is 12.4. The largest absolute Gasteiger partial charge is 0.462 e. The van der Waals surface area contributed by atoms with Crippen molar-refractivity contribution in [1.82, 2.24) is 19.4 Å². The number of piperidine rings is 1. The lowest BCUT2D eigenvalue weighted by Gasteiger charge is -2.26. The minimum atomic E-state index is -0.542. The molecule has 2 aromatic heterocycles. The summed E-state index contributed by atoms with van der Waals surface area (Å²) in [6.45, 7) is 3.30. The third-order valence-corrected chi connectivity index (χ3v) is 7.09. The molecule has 1 saturated carbocycles. The highest BCUT2D eigenvalue weighted by Crippen LogP contribution is 2.49. The number of carbonyl (C=O) groups excluding carboxylic acids is 1. The summed E-state index contributed by atoms with van der Waals surface area (Å²) in [6.07, 6.45) is 2.56. The molecule has 13 heteroatoms. The number of halogens is 1. The van der Waals surface area contributed by atoms with Gasteiger partial charge in [0.15, 0.2) is 5.82 Å². The van der Waals surface area contributed by atoms with Crippen LogP contribution in [0.2, 0.25) is 0 Å². The second kappa shape index (κ2) is 10.6. The molecule has 3 aromatic rings. The summed E-state index contributed by atoms with van der Waals surface area (Å²) in [4.78, 5) is 41.7. The molecule has 1 aliphatic heterocycles. The van der Waals surface area contributed by atoms with E-state index in [2.05, 4.69) is 25.3 Å². The Morgan fingerprint density at radius 3 is 2.72 bits per heavy atom. The molecule has 0 radical (unpaired) electrons. The fraction of sp³-hybridized carbons (Fsp3) is 0.346. The smallest absolute Gasteiger partial charge is 0.338 e. The Kier molecular flexibility index (Phi) is 7.05. The fourth-order valence-corrected chi connectivity index (χ4v) is 5.17. The number of rotatable bonds is 6. The molecule has 0 bridgehead atoms. The van der Waals surface area contributed by atoms with Crippen molar-refractivity contribution in [2.45, 2.75) is 13.0 Å². The van der Waals surface area contributed by atoms with Crippen molar-refractivity contribution in [2.75, 3.05) is 31.6 Å². The number of nitrogens with two attached hydrogens (primary N) is 1. The number of aromatic nitrogens is 3. The van der Waals surface area contributed by atoms with Crippen LogP contribution >= 0.6 is 0 Å². The number of hydrogen-bond donors (Lipinski definition) is 1. The maximum Gasteiger partial charge on any atom is 0.338 e. The van der Waals surface area contributed by atoms with Crippen LogP contribution in [0.3, 0.4) is 0 Å². The van der Waals surface area contributed by atoms with Crippen LogP contribution in [0, 0.1) is 17.7 Å². The van der Waals surface area contributed by atoms with Gasteiger partial charge in [0.25, 0.3) is 5.56 Å². The van der Waals surface area contributed by atoms with Crippen LogP contribution in [0.15, 0.2) is 68.9 Å². The minimum Gasteiger partial charge on any atom is -0.462 e. The Hall–Kier alpha value is -4.68. The van der Waals surface area contributed by atoms with Crippen LogP contribution in [0.4, 0.5) is 16.0 Å². The number of nitrogens with zero attached hydrogens (tertiary/aromatic N) is 8. The van der Waals surface area contributed by atoms with E-state index in [1.54, 1.807) is 38.2 Å². The fourth-order valence-electron chi connectivity index (χ4n) is 5.17. The van der Waals surface area contributed by atoms with Gasteiger partial charge in [0, 0.05) is 62.9 Å². The molecule has 202 valence electrons. The molecular formula is C26H28FN9O3. The van der Waals surface area contributed by atoms with Gasteiger partial charge in [-0.3, -0.25) is 14.3 Å². The van der Waals surface area contributed by atoms with Crippen molar-refractivity contribution >= 4 is 23.6 Å². The van der Waals surface area contributed by atoms with Gasteiger partial charge >= 0.3 is 5.97 Å². The van der Waals surface area contributed by atoms with Crippen molar-refractivity contribution in [1.29, 1.82) is 0 Å². The number of anilines is 1. The zero-order chi connectivity index (χ0) is 27.7. The van der Waals surface area contributed by atoms with Gasteiger partial charge in [0.2, 0.25) is 11.9 Å². The number of likely N-dealkylation sites (tertiary alicyclic amines) is 1. The van der Waals surface area contributed by atoms with Gasteiger partial charge in [-0.15, -0.1) is 0 Å². The monoisotopic (exact) mass is 533 g/mol. The number of benzene rings is 1. The van der Waals surface area contributed by atoms with Crippen LogP contribution in [0.25, 0.3) is 11.3 Å². The van der Waals surface area contributed by atoms with Crippen molar-refractivity contribution in [3.63, 3.8) is 0 Å². The lowest BCUT2D eigenvalue weighted by Crippen LogP contribution is -2.38. The Labute approximate surface area is 223 Å². The maximum atomic E-state index is 14.3. The molecule has 2 N–H and O–H groups in total. The third-order valence-electron chi connectivity index (χ3n) is 7.09. The molecule has 1 saturated heterocycles. The third kappa shape index (κ3) is 5.07. The summed E-state index contributed by atoms with van der Waals surface area (Å²) in [5.41, 5.74) is 1.11. The summed E-state index contributed by atoms with van der Waals surface area (Å²) in [7, 11) is 3.53. The number of esters is 1. The Morgan fingerprint density at radius 1 is 1.26 bits per heavy atom. The van der Waals surface area contributed by atoms with Gasteiger partial charge in [-0.05, 0) is 31.2 Å². The molecule has 5 rings (SSSR count). The Bertz CT molecular complexity index is 1510. The van der Waals surface area contributed by atoms with E-state index in [1.807, 2.05) is 16.8 Å². The first kappa shape index (κ1) is 25.9. The van der Waals surface area contributed by atoms with Gasteiger partial charge in [0.05, 0.1) is 29.7 Å². The zero-order valence-electron chi connectivity index (χ0n) is 21.7. The highest BCUT2D eigenvalue weighted by atomic mass is 19.1. The van der Waals surface area contributed by atoms with Crippen molar-refractivity contribution < 1.29 is 13.9 Å². The van der Waals surface area contributed by atoms with Crippen molar-refractivity contribution in [3.8, 4) is 11.3 Å². The molecule has 39 heavy (non-hydrogen) atoms. The van der Waals surface area contributed by atoms with E-state index in [1.165, 1.54) is 22.9 Å². The summed E-state index contributed by atoms with van der Waals surface area (Å²) in [5, 5.41) is 7.46. The average molecular weight is 534 g/mol. The first-order chi connectivity index (χ1) is 18.8. The number of ether oxygens (including phenoxy) is 1. The average Bonchev–Trinajstić information content (AvgIpc) is 3.42. The maximum absolute atomic E-state index is 14.3. The van der Waals surface area contributed by atoms with E-state index >= 15 is 0 Å². The number of guanidine groups is 1. The summed E-state index contributed by atoms with van der Waals surface area (Å²) in [6, 6.07) is 9.71. The van der Waals surface area contributed by atoms with E-state index in [9.17, 15) is 14.0 Å². The van der Waals surface area contributed by atoms with Gasteiger partial charge in [-0.2, -0.15) is 0 Å². The quantitative estimate of drug-likeness (QED) is 0.127. The lowest BCUT2D eigenvalue weighted by atomic mass is 10.2. The summed E-state index contributed by atoms with van der Waals surface area (Å²) in [5.74, 6) is 5.71. The van der Waals surface area contributed by atoms with E-state index in [4.69, 9.17) is 10.6 Å². The first-order valence-electron chi connectivity index (χ1n) is 12.4. The molecule has 3 heterocycles. The number of hydrogen-bond acceptors (Lipinski definition) is 8. The van der Waals surface area contributed by atoms with Crippen molar-refractivity contribution in [2.24, 2.45) is 40.1 Å². The Morgan fingerprint density at radius 2 is 2.03 bits per heavy atom. The predicted octanol–water partition coefficient (Wildman–Crippen LogP) is 2.54. The SMILES string of the molecule is CCOC(=O)c1cccc(N=C(N=NN)N2C[C@@H]3C(N(C)c4nc(-c5ccncc5F)cc(=O)n4C)[C@@H]3C2)c1. The van der Waals surface area contributed by atoms with Crippen LogP contribution in [0.5, 0.6) is 0 Å². The highest BCUT2D eigenvalue weighted by molar-refractivity contribution is 5.91. The molecule has 0 spiro atoms. The lowest BCUT2D eigenvalue weighted by molar-refractivity contribution is 0.0526. The van der Waals surface area contributed by atoms with Gasteiger partial charge in [-0.1, -0.05) is 16.4 Å². The molecular weight excluding hydrogens is 505 g/mol. The molecule has 2 fully saturated rings. The second-order valence-electron chi connectivity index (χ2n) is 9.43. The van der Waals surface area contributed by atoms with Gasteiger partial charge in [0.1, 0.15) is 0 Å². The van der Waals surface area contributed by atoms with E-state index < -0.39 is 11.8 Å². The molecule has 1 aromatic carbocycles.